The maximum absolute atomic E-state index is 12.6. The number of nitrogens with one attached hydrogen (secondary N) is 1. The number of carbonyl (C=O) groups is 1. The van der Waals surface area contributed by atoms with Crippen LogP contribution in [0.25, 0.3) is 5.82 Å². The van der Waals surface area contributed by atoms with Crippen LogP contribution in [0.1, 0.15) is 16.1 Å². The molecule has 6 nitrogen and oxygen atoms in total. The lowest BCUT2D eigenvalue weighted by Crippen LogP contribution is -2.12. The number of hydrogen-bond donors (Lipinski definition) is 1. The highest BCUT2D eigenvalue weighted by atomic mass is 35.5. The molecular weight excluding hydrogens is 409 g/mol. The molecule has 27 heavy (non-hydrogen) atoms. The molecule has 0 aliphatic heterocycles. The first-order valence-electron chi connectivity index (χ1n) is 7.76. The van der Waals surface area contributed by atoms with Gasteiger partial charge in [0.05, 0.1) is 15.5 Å². The van der Waals surface area contributed by atoms with Crippen LogP contribution < -0.4 is 5.32 Å². The molecule has 0 atom stereocenters. The topological polar surface area (TPSA) is 81.1 Å². The van der Waals surface area contributed by atoms with Gasteiger partial charge in [-0.2, -0.15) is 0 Å². The van der Waals surface area contributed by atoms with Gasteiger partial charge in [0.1, 0.15) is 5.82 Å². The fraction of sp³-hybridized carbons (Fsp3) is 0.111. The van der Waals surface area contributed by atoms with Crippen molar-refractivity contribution in [2.75, 3.05) is 11.6 Å². The third-order valence-electron chi connectivity index (χ3n) is 3.79. The molecule has 0 radical (unpaired) electrons. The van der Waals surface area contributed by atoms with Gasteiger partial charge in [0.2, 0.25) is 0 Å². The molecule has 0 spiro atoms. The van der Waals surface area contributed by atoms with Gasteiger partial charge in [-0.3, -0.25) is 4.79 Å². The summed E-state index contributed by atoms with van der Waals surface area (Å²) in [5.41, 5.74) is 1.49. The zero-order chi connectivity index (χ0) is 19.8. The number of pyridine rings is 1. The van der Waals surface area contributed by atoms with Gasteiger partial charge in [0, 0.05) is 35.1 Å². The average molecular weight is 424 g/mol. The van der Waals surface area contributed by atoms with Gasteiger partial charge >= 0.3 is 0 Å². The Bertz CT molecular complexity index is 1120. The van der Waals surface area contributed by atoms with Crippen molar-refractivity contribution in [3.63, 3.8) is 0 Å². The second kappa shape index (κ2) is 7.34. The number of benzene rings is 1. The normalized spacial score (nSPS) is 11.4. The zero-order valence-corrected chi connectivity index (χ0v) is 16.7. The van der Waals surface area contributed by atoms with E-state index in [0.29, 0.717) is 22.1 Å². The molecule has 1 aromatic carbocycles. The van der Waals surface area contributed by atoms with E-state index in [1.807, 2.05) is 6.92 Å². The van der Waals surface area contributed by atoms with E-state index in [2.05, 4.69) is 10.3 Å². The second-order valence-electron chi connectivity index (χ2n) is 5.98. The highest BCUT2D eigenvalue weighted by molar-refractivity contribution is 7.90. The molecule has 3 aromatic rings. The quantitative estimate of drug-likeness (QED) is 0.683. The Morgan fingerprint density at radius 2 is 1.85 bits per heavy atom. The monoisotopic (exact) mass is 423 g/mol. The zero-order valence-electron chi connectivity index (χ0n) is 14.4. The molecule has 9 heteroatoms. The van der Waals surface area contributed by atoms with Gasteiger partial charge in [-0.15, -0.1) is 0 Å². The lowest BCUT2D eigenvalue weighted by molar-refractivity contribution is 0.102. The van der Waals surface area contributed by atoms with Crippen LogP contribution in [0.4, 0.5) is 5.69 Å². The summed E-state index contributed by atoms with van der Waals surface area (Å²) in [6.45, 7) is 1.84. The summed E-state index contributed by atoms with van der Waals surface area (Å²) in [5, 5.41) is 3.40. The summed E-state index contributed by atoms with van der Waals surface area (Å²) < 4.78 is 25.2. The summed E-state index contributed by atoms with van der Waals surface area (Å²) >= 11 is 11.8. The molecule has 0 aliphatic rings. The lowest BCUT2D eigenvalue weighted by atomic mass is 10.2. The first kappa shape index (κ1) is 19.4. The van der Waals surface area contributed by atoms with Crippen LogP contribution in [0, 0.1) is 6.92 Å². The summed E-state index contributed by atoms with van der Waals surface area (Å²) in [5.74, 6) is 0.227. The standard InChI is InChI=1S/C18H15Cl2N3O3S/c1-11-5-12(10-23(11)17-4-3-13(19)9-21-17)18(24)22-15-6-14(20)7-16(8-15)27(2,25)26/h3-10H,1-2H3,(H,22,24). The molecule has 0 saturated heterocycles. The fourth-order valence-corrected chi connectivity index (χ4v) is 3.60. The molecule has 1 amide bonds. The Balaban J connectivity index is 1.89. The Labute approximate surface area is 166 Å². The third kappa shape index (κ3) is 4.50. The van der Waals surface area contributed by atoms with Crippen molar-refractivity contribution in [1.29, 1.82) is 0 Å². The van der Waals surface area contributed by atoms with Gasteiger partial charge in [-0.1, -0.05) is 23.2 Å². The number of carbonyl (C=O) groups excluding carboxylic acids is 1. The molecule has 0 aliphatic carbocycles. The van der Waals surface area contributed by atoms with Crippen molar-refractivity contribution in [3.05, 3.63) is 70.1 Å². The van der Waals surface area contributed by atoms with E-state index >= 15 is 0 Å². The van der Waals surface area contributed by atoms with Gasteiger partial charge in [0.25, 0.3) is 5.91 Å². The summed E-state index contributed by atoms with van der Waals surface area (Å²) in [6, 6.07) is 9.34. The Morgan fingerprint density at radius 1 is 1.11 bits per heavy atom. The van der Waals surface area contributed by atoms with Gasteiger partial charge in [-0.05, 0) is 43.3 Å². The predicted molar refractivity (Wildman–Crippen MR) is 106 cm³/mol. The number of aryl methyl sites for hydroxylation is 1. The van der Waals surface area contributed by atoms with E-state index in [1.165, 1.54) is 24.4 Å². The molecule has 0 bridgehead atoms. The minimum atomic E-state index is -3.45. The molecule has 2 aromatic heterocycles. The molecule has 2 heterocycles. The van der Waals surface area contributed by atoms with Crippen molar-refractivity contribution in [1.82, 2.24) is 9.55 Å². The number of nitrogens with zero attached hydrogens (tertiary/aromatic N) is 2. The first-order chi connectivity index (χ1) is 12.6. The molecule has 0 unspecified atom stereocenters. The van der Waals surface area contributed by atoms with Gasteiger partial charge in [-0.25, -0.2) is 13.4 Å². The number of rotatable bonds is 4. The van der Waals surface area contributed by atoms with E-state index in [1.54, 1.807) is 29.0 Å². The second-order valence-corrected chi connectivity index (χ2v) is 8.87. The van der Waals surface area contributed by atoms with Crippen LogP contribution >= 0.6 is 23.2 Å². The first-order valence-corrected chi connectivity index (χ1v) is 10.4. The van der Waals surface area contributed by atoms with Crippen LogP contribution in [-0.2, 0) is 9.84 Å². The maximum Gasteiger partial charge on any atom is 0.257 e. The number of amides is 1. The largest absolute Gasteiger partial charge is 0.322 e. The molecule has 1 N–H and O–H groups in total. The maximum atomic E-state index is 12.6. The van der Waals surface area contributed by atoms with Crippen LogP contribution in [0.5, 0.6) is 0 Å². The summed E-state index contributed by atoms with van der Waals surface area (Å²) in [7, 11) is -3.45. The van der Waals surface area contributed by atoms with Crippen molar-refractivity contribution < 1.29 is 13.2 Å². The summed E-state index contributed by atoms with van der Waals surface area (Å²) in [6.07, 6.45) is 4.24. The minimum Gasteiger partial charge on any atom is -0.322 e. The fourth-order valence-electron chi connectivity index (χ4n) is 2.51. The van der Waals surface area contributed by atoms with Crippen LogP contribution in [0.2, 0.25) is 10.0 Å². The van der Waals surface area contributed by atoms with E-state index in [4.69, 9.17) is 23.2 Å². The highest BCUT2D eigenvalue weighted by Gasteiger charge is 2.15. The van der Waals surface area contributed by atoms with E-state index < -0.39 is 15.7 Å². The lowest BCUT2D eigenvalue weighted by Gasteiger charge is -2.07. The molecular formula is C18H15Cl2N3O3S. The Kier molecular flexibility index (Phi) is 5.28. The SMILES string of the molecule is Cc1cc(C(=O)Nc2cc(Cl)cc(S(C)(=O)=O)c2)cn1-c1ccc(Cl)cn1. The van der Waals surface area contributed by atoms with E-state index in [9.17, 15) is 13.2 Å². The Morgan fingerprint density at radius 3 is 2.48 bits per heavy atom. The highest BCUT2D eigenvalue weighted by Crippen LogP contribution is 2.23. The van der Waals surface area contributed by atoms with Gasteiger partial charge < -0.3 is 9.88 Å². The van der Waals surface area contributed by atoms with Crippen LogP contribution in [-0.4, -0.2) is 30.1 Å². The average Bonchev–Trinajstić information content (AvgIpc) is 2.96. The van der Waals surface area contributed by atoms with Crippen molar-refractivity contribution >= 4 is 44.6 Å². The molecule has 140 valence electrons. The molecule has 3 rings (SSSR count). The van der Waals surface area contributed by atoms with Crippen LogP contribution in [0.15, 0.2) is 53.7 Å². The Hall–Kier alpha value is -2.35. The number of sulfone groups is 1. The summed E-state index contributed by atoms with van der Waals surface area (Å²) in [4.78, 5) is 16.8. The number of aromatic nitrogens is 2. The molecule has 0 saturated carbocycles. The van der Waals surface area contributed by atoms with E-state index in [0.717, 1.165) is 11.9 Å². The van der Waals surface area contributed by atoms with Gasteiger partial charge in [0.15, 0.2) is 9.84 Å². The third-order valence-corrected chi connectivity index (χ3v) is 5.32. The number of halogens is 2. The number of hydrogen-bond acceptors (Lipinski definition) is 4. The molecule has 0 fully saturated rings. The van der Waals surface area contributed by atoms with Crippen LogP contribution in [0.3, 0.4) is 0 Å². The van der Waals surface area contributed by atoms with Crippen molar-refractivity contribution in [3.8, 4) is 5.82 Å². The van der Waals surface area contributed by atoms with Crippen molar-refractivity contribution in [2.45, 2.75) is 11.8 Å². The predicted octanol–water partition coefficient (Wildman–Crippen LogP) is 4.14. The smallest absolute Gasteiger partial charge is 0.257 e. The van der Waals surface area contributed by atoms with Crippen molar-refractivity contribution in [2.24, 2.45) is 0 Å². The number of anilines is 1. The van der Waals surface area contributed by atoms with E-state index in [-0.39, 0.29) is 9.92 Å². The minimum absolute atomic E-state index is 0.0319.